The van der Waals surface area contributed by atoms with Crippen molar-refractivity contribution >= 4 is 11.9 Å². The van der Waals surface area contributed by atoms with Crippen molar-refractivity contribution in [3.05, 3.63) is 35.9 Å². The van der Waals surface area contributed by atoms with Crippen LogP contribution in [0, 0.1) is 5.41 Å². The van der Waals surface area contributed by atoms with E-state index in [1.54, 1.807) is 38.3 Å². The molecule has 0 spiro atoms. The van der Waals surface area contributed by atoms with E-state index in [1.807, 2.05) is 6.07 Å². The SMILES string of the molecule is COCCC1(C(=O)NCC(C)(C(=O)O)c2ccccc2)CC1. The molecule has 1 saturated carbocycles. The Kier molecular flexibility index (Phi) is 4.86. The van der Waals surface area contributed by atoms with E-state index in [9.17, 15) is 14.7 Å². The Labute approximate surface area is 130 Å². The van der Waals surface area contributed by atoms with Gasteiger partial charge in [0.15, 0.2) is 0 Å². The summed E-state index contributed by atoms with van der Waals surface area (Å²) in [5.41, 5.74) is -0.801. The summed E-state index contributed by atoms with van der Waals surface area (Å²) < 4.78 is 5.05. The maximum Gasteiger partial charge on any atom is 0.315 e. The van der Waals surface area contributed by atoms with Crippen LogP contribution in [0.15, 0.2) is 30.3 Å². The van der Waals surface area contributed by atoms with E-state index in [-0.39, 0.29) is 17.9 Å². The van der Waals surface area contributed by atoms with Crippen LogP contribution >= 0.6 is 0 Å². The first-order valence-corrected chi connectivity index (χ1v) is 7.51. The second kappa shape index (κ2) is 6.48. The molecule has 0 bridgehead atoms. The lowest BCUT2D eigenvalue weighted by Gasteiger charge is -2.27. The van der Waals surface area contributed by atoms with Gasteiger partial charge >= 0.3 is 5.97 Å². The number of ether oxygens (including phenoxy) is 1. The Balaban J connectivity index is 2.04. The molecule has 22 heavy (non-hydrogen) atoms. The van der Waals surface area contributed by atoms with Crippen LogP contribution in [0.2, 0.25) is 0 Å². The van der Waals surface area contributed by atoms with Crippen molar-refractivity contribution in [2.45, 2.75) is 31.6 Å². The quantitative estimate of drug-likeness (QED) is 0.770. The second-order valence-electron chi connectivity index (χ2n) is 6.21. The average Bonchev–Trinajstić information content (AvgIpc) is 3.32. The molecule has 5 nitrogen and oxygen atoms in total. The predicted octanol–water partition coefficient (Wildman–Crippen LogP) is 1.96. The Morgan fingerprint density at radius 1 is 1.32 bits per heavy atom. The average molecular weight is 305 g/mol. The van der Waals surface area contributed by atoms with E-state index in [1.165, 1.54) is 0 Å². The number of aliphatic carboxylic acids is 1. The van der Waals surface area contributed by atoms with Crippen molar-refractivity contribution < 1.29 is 19.4 Å². The summed E-state index contributed by atoms with van der Waals surface area (Å²) in [6.07, 6.45) is 2.37. The number of benzene rings is 1. The molecule has 1 fully saturated rings. The highest BCUT2D eigenvalue weighted by molar-refractivity contribution is 5.87. The Morgan fingerprint density at radius 2 is 1.95 bits per heavy atom. The van der Waals surface area contributed by atoms with Gasteiger partial charge in [0.25, 0.3) is 0 Å². The molecular weight excluding hydrogens is 282 g/mol. The molecule has 1 aromatic carbocycles. The monoisotopic (exact) mass is 305 g/mol. The normalized spacial score (nSPS) is 18.3. The van der Waals surface area contributed by atoms with E-state index in [0.717, 1.165) is 12.8 Å². The van der Waals surface area contributed by atoms with Gasteiger partial charge in [0.2, 0.25) is 5.91 Å². The lowest BCUT2D eigenvalue weighted by Crippen LogP contribution is -2.46. The Bertz CT molecular complexity index is 539. The van der Waals surface area contributed by atoms with E-state index in [4.69, 9.17) is 4.74 Å². The standard InChI is InChI=1S/C17H23NO4/c1-16(15(20)21,13-6-4-3-5-7-13)12-18-14(19)17(8-9-17)10-11-22-2/h3-7H,8-12H2,1-2H3,(H,18,19)(H,20,21). The first-order valence-electron chi connectivity index (χ1n) is 7.51. The summed E-state index contributed by atoms with van der Waals surface area (Å²) >= 11 is 0. The largest absolute Gasteiger partial charge is 0.481 e. The fourth-order valence-corrected chi connectivity index (χ4v) is 2.59. The maximum absolute atomic E-state index is 12.4. The maximum atomic E-state index is 12.4. The summed E-state index contributed by atoms with van der Waals surface area (Å²) in [6.45, 7) is 2.27. The van der Waals surface area contributed by atoms with Crippen LogP contribution in [0.1, 0.15) is 31.7 Å². The number of amides is 1. The van der Waals surface area contributed by atoms with Crippen molar-refractivity contribution in [2.24, 2.45) is 5.41 Å². The van der Waals surface area contributed by atoms with Gasteiger partial charge in [-0.1, -0.05) is 30.3 Å². The summed E-state index contributed by atoms with van der Waals surface area (Å²) in [6, 6.07) is 9.00. The van der Waals surface area contributed by atoms with Crippen molar-refractivity contribution in [1.29, 1.82) is 0 Å². The number of hydrogen-bond acceptors (Lipinski definition) is 3. The molecule has 0 radical (unpaired) electrons. The highest BCUT2D eigenvalue weighted by Crippen LogP contribution is 2.49. The first-order chi connectivity index (χ1) is 10.4. The fraction of sp³-hybridized carbons (Fsp3) is 0.529. The van der Waals surface area contributed by atoms with Gasteiger partial charge in [-0.3, -0.25) is 9.59 Å². The number of carbonyl (C=O) groups is 2. The summed E-state index contributed by atoms with van der Waals surface area (Å²) in [5.74, 6) is -1.01. The summed E-state index contributed by atoms with van der Waals surface area (Å²) in [4.78, 5) is 24.1. The molecule has 0 aliphatic heterocycles. The third-order valence-electron chi connectivity index (χ3n) is 4.61. The van der Waals surface area contributed by atoms with Crippen LogP contribution in [0.4, 0.5) is 0 Å². The van der Waals surface area contributed by atoms with Gasteiger partial charge in [-0.05, 0) is 31.7 Å². The van der Waals surface area contributed by atoms with Gasteiger partial charge in [-0.25, -0.2) is 0 Å². The zero-order chi connectivity index (χ0) is 16.2. The summed E-state index contributed by atoms with van der Waals surface area (Å²) in [5, 5.41) is 12.4. The molecule has 120 valence electrons. The van der Waals surface area contributed by atoms with Crippen LogP contribution < -0.4 is 5.32 Å². The number of hydrogen-bond donors (Lipinski definition) is 2. The number of carboxylic acids is 1. The molecule has 0 heterocycles. The molecule has 5 heteroatoms. The fourth-order valence-electron chi connectivity index (χ4n) is 2.59. The van der Waals surface area contributed by atoms with Crippen molar-refractivity contribution in [2.75, 3.05) is 20.3 Å². The number of carbonyl (C=O) groups excluding carboxylic acids is 1. The molecule has 1 aliphatic rings. The molecule has 1 unspecified atom stereocenters. The van der Waals surface area contributed by atoms with Crippen LogP contribution in [-0.4, -0.2) is 37.2 Å². The molecular formula is C17H23NO4. The Hall–Kier alpha value is -1.88. The molecule has 1 aliphatic carbocycles. The minimum absolute atomic E-state index is 0.0621. The third kappa shape index (κ3) is 3.30. The van der Waals surface area contributed by atoms with Gasteiger partial charge in [0, 0.05) is 20.3 Å². The van der Waals surface area contributed by atoms with Crippen LogP contribution in [-0.2, 0) is 19.7 Å². The van der Waals surface area contributed by atoms with Gasteiger partial charge in [0.1, 0.15) is 5.41 Å². The van der Waals surface area contributed by atoms with Crippen LogP contribution in [0.25, 0.3) is 0 Å². The van der Waals surface area contributed by atoms with E-state index < -0.39 is 11.4 Å². The van der Waals surface area contributed by atoms with Gasteiger partial charge in [-0.15, -0.1) is 0 Å². The number of carboxylic acid groups (broad SMARTS) is 1. The first kappa shape index (κ1) is 16.5. The zero-order valence-electron chi connectivity index (χ0n) is 13.1. The van der Waals surface area contributed by atoms with Gasteiger partial charge in [0.05, 0.1) is 5.41 Å². The van der Waals surface area contributed by atoms with Crippen LogP contribution in [0.5, 0.6) is 0 Å². The minimum atomic E-state index is -1.13. The minimum Gasteiger partial charge on any atom is -0.481 e. The topological polar surface area (TPSA) is 75.6 Å². The van der Waals surface area contributed by atoms with E-state index >= 15 is 0 Å². The number of rotatable bonds is 8. The van der Waals surface area contributed by atoms with E-state index in [0.29, 0.717) is 18.6 Å². The molecule has 1 amide bonds. The van der Waals surface area contributed by atoms with Crippen molar-refractivity contribution in [3.63, 3.8) is 0 Å². The molecule has 2 N–H and O–H groups in total. The number of nitrogens with one attached hydrogen (secondary N) is 1. The van der Waals surface area contributed by atoms with E-state index in [2.05, 4.69) is 5.32 Å². The Morgan fingerprint density at radius 3 is 2.45 bits per heavy atom. The molecule has 1 atom stereocenters. The van der Waals surface area contributed by atoms with Crippen molar-refractivity contribution in [3.8, 4) is 0 Å². The zero-order valence-corrected chi connectivity index (χ0v) is 13.1. The van der Waals surface area contributed by atoms with Crippen LogP contribution in [0.3, 0.4) is 0 Å². The predicted molar refractivity (Wildman–Crippen MR) is 82.6 cm³/mol. The smallest absolute Gasteiger partial charge is 0.315 e. The molecule has 2 rings (SSSR count). The lowest BCUT2D eigenvalue weighted by molar-refractivity contribution is -0.143. The van der Waals surface area contributed by atoms with Gasteiger partial charge in [-0.2, -0.15) is 0 Å². The number of methoxy groups -OCH3 is 1. The molecule has 0 saturated heterocycles. The molecule has 1 aromatic rings. The highest BCUT2D eigenvalue weighted by Gasteiger charge is 2.49. The lowest BCUT2D eigenvalue weighted by atomic mass is 9.82. The molecule has 0 aromatic heterocycles. The third-order valence-corrected chi connectivity index (χ3v) is 4.61. The summed E-state index contributed by atoms with van der Waals surface area (Å²) in [7, 11) is 1.62. The van der Waals surface area contributed by atoms with Crippen molar-refractivity contribution in [1.82, 2.24) is 5.32 Å². The van der Waals surface area contributed by atoms with Gasteiger partial charge < -0.3 is 15.2 Å². The highest BCUT2D eigenvalue weighted by atomic mass is 16.5. The second-order valence-corrected chi connectivity index (χ2v) is 6.21.